The molecule has 0 aliphatic rings. The van der Waals surface area contributed by atoms with Crippen molar-refractivity contribution < 1.29 is 364 Å². The number of rotatable bonds is 36. The summed E-state index contributed by atoms with van der Waals surface area (Å²) in [6.07, 6.45) is 14.3. The minimum Gasteiger partial charge on any atom is -0.513 e. The van der Waals surface area contributed by atoms with Crippen LogP contribution in [0.5, 0.6) is 0 Å². The summed E-state index contributed by atoms with van der Waals surface area (Å²) in [5, 5.41) is 166. The van der Waals surface area contributed by atoms with Gasteiger partial charge in [-0.05, 0) is 239 Å². The van der Waals surface area contributed by atoms with E-state index in [0.717, 1.165) is 0 Å². The van der Waals surface area contributed by atoms with E-state index in [1.165, 1.54) is 72.9 Å². The molecule has 0 saturated carbocycles. The van der Waals surface area contributed by atoms with Crippen molar-refractivity contribution in [1.29, 1.82) is 0 Å². The van der Waals surface area contributed by atoms with E-state index in [1.807, 2.05) is 0 Å². The van der Waals surface area contributed by atoms with Crippen LogP contribution in [0.25, 0.3) is 0 Å². The van der Waals surface area contributed by atoms with Gasteiger partial charge in [-0.2, -0.15) is 0 Å². The van der Waals surface area contributed by atoms with E-state index in [-0.39, 0.29) is 419 Å². The van der Waals surface area contributed by atoms with Gasteiger partial charge in [0.1, 0.15) is 0 Å². The van der Waals surface area contributed by atoms with Gasteiger partial charge in [-0.3, -0.25) is 59.9 Å². The van der Waals surface area contributed by atoms with E-state index in [1.54, 1.807) is 166 Å². The van der Waals surface area contributed by atoms with Crippen LogP contribution in [0.1, 0.15) is 166 Å². The summed E-state index contributed by atoms with van der Waals surface area (Å²) in [6, 6.07) is 0. The minimum absolute atomic E-state index is 0. The van der Waals surface area contributed by atoms with Gasteiger partial charge in [0, 0.05) is 273 Å². The summed E-state index contributed by atoms with van der Waals surface area (Å²) in [5.41, 5.74) is 7.84. The van der Waals surface area contributed by atoms with Gasteiger partial charge < -0.3 is 125 Å². The Balaban J connectivity index is -0.0000000394. The predicted octanol–water partition coefficient (Wildman–Crippen LogP) is 8.17. The van der Waals surface area contributed by atoms with Gasteiger partial charge in [0.05, 0.1) is 184 Å². The van der Waals surface area contributed by atoms with Crippen molar-refractivity contribution in [3.8, 4) is 0 Å². The first-order valence-corrected chi connectivity index (χ1v) is 34.5. The van der Waals surface area contributed by atoms with Gasteiger partial charge in [-0.1, -0.05) is 0 Å². The second-order valence-electron chi connectivity index (χ2n) is 25.1. The number of allylic oxidation sites excluding steroid dienone is 24. The summed E-state index contributed by atoms with van der Waals surface area (Å²) in [5.74, 6) is 2.20. The van der Waals surface area contributed by atoms with Gasteiger partial charge >= 0.3 is 34.1 Å². The smallest absolute Gasteiger partial charge is 0.513 e. The van der Waals surface area contributed by atoms with Crippen LogP contribution in [-0.4, -0.2) is 308 Å². The van der Waals surface area contributed by atoms with Gasteiger partial charge in [-0.25, -0.2) is 0 Å². The van der Waals surface area contributed by atoms with E-state index in [9.17, 15) is 30.6 Å². The molecule has 0 aromatic rings. The fourth-order valence-corrected chi connectivity index (χ4v) is 7.51. The molecule has 0 rings (SSSR count). The van der Waals surface area contributed by atoms with Crippen LogP contribution < -0.4 is 0 Å². The van der Waals surface area contributed by atoms with Crippen LogP contribution in [0.2, 0.25) is 0 Å². The second kappa shape index (κ2) is 124. The molecule has 0 atom stereocenters. The van der Waals surface area contributed by atoms with Crippen LogP contribution in [0.3, 0.4) is 0 Å². The number of aliphatic hydroxyl groups is 18. The number of aliphatic imine (C=N–C) groups is 12. The van der Waals surface area contributed by atoms with Crippen LogP contribution in [0, 0.1) is 0 Å². The second-order valence-corrected chi connectivity index (χ2v) is 25.1. The molecule has 12 radical (unpaired) electrons. The third-order valence-electron chi connectivity index (χ3n) is 11.6. The molecule has 0 heterocycles. The number of nitrogens with zero attached hydrogens (tertiary/aromatic N) is 12. The van der Waals surface area contributed by atoms with Crippen molar-refractivity contribution in [3.05, 3.63) is 142 Å². The minimum atomic E-state index is -0.672. The van der Waals surface area contributed by atoms with Gasteiger partial charge in [0.15, 0.2) is 0 Å². The van der Waals surface area contributed by atoms with E-state index in [4.69, 9.17) is 61.3 Å². The average molecular weight is 2520 g/mol. The molecule has 30 N–H and O–H groups in total. The van der Waals surface area contributed by atoms with E-state index >= 15 is 0 Å². The topological polar surface area (TPSA) is 701 Å². The molecule has 0 aromatic carbocycles. The van der Waals surface area contributed by atoms with E-state index < -0.39 is 36.6 Å². The molecule has 0 aliphatic carbocycles. The predicted molar refractivity (Wildman–Crippen MR) is 470 cm³/mol. The molecule has 0 aliphatic heterocycles. The molecule has 128 heavy (non-hydrogen) atoms. The van der Waals surface area contributed by atoms with E-state index in [0.29, 0.717) is 68.5 Å². The maximum atomic E-state index is 9.63. The zero-order valence-electron chi connectivity index (χ0n) is 75.5. The standard InChI is InChI=1S/6C13H22N2O3.14Cu.6H2O/c6*1-9(5-11(3)16)14-7-13(18)8-15-10(2)6-12(4)17;;;;;;;;;;;;;;;;;;;;/h6*5-6,13,16-18H,7-8H2,1-4H3;;;;;;;;;;;;;;;6*1H2/q;;;;;;;;;;;;;;;;;;2*+1;;;;;;. The van der Waals surface area contributed by atoms with Gasteiger partial charge in [0.25, 0.3) is 0 Å². The zero-order valence-corrected chi connectivity index (χ0v) is 88.7. The first-order chi connectivity index (χ1) is 49.8. The summed E-state index contributed by atoms with van der Waals surface area (Å²) >= 11 is 0. The Labute approximate surface area is 906 Å². The summed E-state index contributed by atoms with van der Waals surface area (Å²) in [6.45, 7) is 42.5. The molecule has 50 heteroatoms. The molecule has 0 unspecified atom stereocenters. The van der Waals surface area contributed by atoms with Crippen molar-refractivity contribution in [3.63, 3.8) is 0 Å². The SMILES string of the molecule is CC(O)=CC(C)=NCC(O)CN=C(C)C=C(C)O.CC(O)=CC(C)=NCC(O)CN=C(C)C=C(C)O.CC(O)=CC(C)=NCC(O)CN=C(C)C=C(C)O.CC(O)=CC(C)=NCC(O)CN=C(C)C=C(C)O.CC(O)=CC(C)=NCC(O)CN=C(C)C=C(C)O.CC(O)=CC(C)=NCC(O)CN=C(C)C=C(C)O.O.O.O.O.O.O.[Cu+].[Cu+].[Cu].[Cu].[Cu].[Cu].[Cu].[Cu].[Cu].[Cu].[Cu].[Cu].[Cu].[Cu]. The van der Waals surface area contributed by atoms with Crippen LogP contribution >= 0.6 is 0 Å². The Hall–Kier alpha value is -2.69. The Bertz CT molecular complexity index is 2680. The molecule has 0 fully saturated rings. The van der Waals surface area contributed by atoms with Crippen LogP contribution in [0.15, 0.2) is 202 Å². The summed E-state index contributed by atoms with van der Waals surface area (Å²) in [7, 11) is 0. The molecule has 0 amide bonds. The molecular formula is C78H144Cu14N12O24+2. The largest absolute Gasteiger partial charge is 1.00 e. The van der Waals surface area contributed by atoms with Crippen LogP contribution in [-0.2, 0) is 239 Å². The average Bonchev–Trinajstić information content (AvgIpc) is 0.995. The first-order valence-electron chi connectivity index (χ1n) is 34.5. The van der Waals surface area contributed by atoms with E-state index in [2.05, 4.69) is 59.9 Å². The first kappa shape index (κ1) is 196. The molecule has 0 saturated heterocycles. The maximum absolute atomic E-state index is 9.63. The monoisotopic (exact) mass is 2510 g/mol. The molecule has 36 nitrogen and oxygen atoms in total. The van der Waals surface area contributed by atoms with Crippen molar-refractivity contribution in [1.82, 2.24) is 0 Å². The summed E-state index contributed by atoms with van der Waals surface area (Å²) in [4.78, 5) is 49.2. The van der Waals surface area contributed by atoms with Crippen molar-refractivity contribution in [2.24, 2.45) is 59.9 Å². The molecule has 0 bridgehead atoms. The third-order valence-corrected chi connectivity index (χ3v) is 11.6. The fraction of sp³-hybridized carbons (Fsp3) is 0.538. The molecule has 0 aromatic heterocycles. The summed E-state index contributed by atoms with van der Waals surface area (Å²) < 4.78 is 0. The van der Waals surface area contributed by atoms with Crippen LogP contribution in [0.4, 0.5) is 0 Å². The Morgan fingerprint density at radius 3 is 0.234 bits per heavy atom. The molecule has 812 valence electrons. The fourth-order valence-electron chi connectivity index (χ4n) is 7.51. The maximum Gasteiger partial charge on any atom is 1.00 e. The van der Waals surface area contributed by atoms with Crippen molar-refractivity contribution in [2.45, 2.75) is 203 Å². The molecular weight excluding hydrogens is 2380 g/mol. The molecule has 0 spiro atoms. The van der Waals surface area contributed by atoms with Crippen molar-refractivity contribution in [2.75, 3.05) is 78.5 Å². The quantitative estimate of drug-likeness (QED) is 0.0160. The van der Waals surface area contributed by atoms with Gasteiger partial charge in [-0.15, -0.1) is 0 Å². The number of hydrogen-bond acceptors (Lipinski definition) is 30. The van der Waals surface area contributed by atoms with Gasteiger partial charge in [0.2, 0.25) is 0 Å². The number of aliphatic hydroxyl groups excluding tert-OH is 18. The Morgan fingerprint density at radius 1 is 0.148 bits per heavy atom. The Morgan fingerprint density at radius 2 is 0.195 bits per heavy atom. The third kappa shape index (κ3) is 166. The number of hydrogen-bond donors (Lipinski definition) is 18. The zero-order chi connectivity index (χ0) is 84.8. The normalized spacial score (nSPS) is 14.3. The Kier molecular flexibility index (Phi) is 191. The van der Waals surface area contributed by atoms with Crippen molar-refractivity contribution >= 4 is 68.5 Å².